The van der Waals surface area contributed by atoms with Gasteiger partial charge in [-0.25, -0.2) is 4.98 Å². The van der Waals surface area contributed by atoms with E-state index in [2.05, 4.69) is 28.9 Å². The molecule has 0 spiro atoms. The molecule has 0 bridgehead atoms. The van der Waals surface area contributed by atoms with Crippen molar-refractivity contribution in [1.29, 1.82) is 0 Å². The lowest BCUT2D eigenvalue weighted by atomic mass is 9.90. The summed E-state index contributed by atoms with van der Waals surface area (Å²) in [5, 5.41) is 15.2. The molecule has 1 aliphatic carbocycles. The number of aromatic nitrogens is 1. The van der Waals surface area contributed by atoms with Crippen LogP contribution in [0.15, 0.2) is 23.6 Å². The number of aliphatic hydroxyl groups is 1. The molecule has 112 valence electrons. The first-order valence-corrected chi connectivity index (χ1v) is 8.63. The summed E-state index contributed by atoms with van der Waals surface area (Å²) in [7, 11) is 0. The van der Waals surface area contributed by atoms with Crippen LogP contribution in [0.25, 0.3) is 11.3 Å². The Kier molecular flexibility index (Phi) is 5.01. The number of hydrogen-bond donors (Lipinski definition) is 2. The molecule has 0 amide bonds. The van der Waals surface area contributed by atoms with E-state index in [1.54, 1.807) is 11.3 Å². The van der Waals surface area contributed by atoms with Crippen LogP contribution in [0.5, 0.6) is 0 Å². The minimum atomic E-state index is 0.193. The van der Waals surface area contributed by atoms with Gasteiger partial charge in [-0.05, 0) is 42.9 Å². The van der Waals surface area contributed by atoms with Crippen LogP contribution in [-0.4, -0.2) is 29.8 Å². The first kappa shape index (κ1) is 14.7. The second-order valence-electron chi connectivity index (χ2n) is 5.54. The topological polar surface area (TPSA) is 45.1 Å². The van der Waals surface area contributed by atoms with E-state index < -0.39 is 0 Å². The highest BCUT2D eigenvalue weighted by atomic mass is 32.1. The quantitative estimate of drug-likeness (QED) is 0.807. The molecule has 0 radical (unpaired) electrons. The van der Waals surface area contributed by atoms with Crippen LogP contribution >= 0.6 is 11.3 Å². The molecule has 1 aromatic carbocycles. The lowest BCUT2D eigenvalue weighted by molar-refractivity contribution is 0.293. The molecule has 1 heterocycles. The highest BCUT2D eigenvalue weighted by Crippen LogP contribution is 2.28. The third kappa shape index (κ3) is 3.70. The highest BCUT2D eigenvalue weighted by Gasteiger charge is 2.11. The van der Waals surface area contributed by atoms with Gasteiger partial charge in [-0.1, -0.05) is 12.1 Å². The van der Waals surface area contributed by atoms with Crippen molar-refractivity contribution in [2.45, 2.75) is 32.1 Å². The number of benzene rings is 1. The number of nitrogens with zero attached hydrogens (tertiary/aromatic N) is 1. The second-order valence-corrected chi connectivity index (χ2v) is 6.48. The molecular weight excluding hydrogens is 280 g/mol. The predicted molar refractivity (Wildman–Crippen MR) is 87.9 cm³/mol. The molecule has 3 rings (SSSR count). The molecule has 0 saturated heterocycles. The molecule has 2 N–H and O–H groups in total. The number of aliphatic hydroxyl groups excluding tert-OH is 1. The zero-order valence-electron chi connectivity index (χ0n) is 12.3. The first-order chi connectivity index (χ1) is 10.4. The lowest BCUT2D eigenvalue weighted by Gasteiger charge is -2.16. The normalized spacial score (nSPS) is 14.1. The van der Waals surface area contributed by atoms with Crippen molar-refractivity contribution in [3.8, 4) is 11.3 Å². The lowest BCUT2D eigenvalue weighted by Crippen LogP contribution is -2.20. The van der Waals surface area contributed by atoms with Crippen molar-refractivity contribution >= 4 is 11.3 Å². The summed E-state index contributed by atoms with van der Waals surface area (Å²) in [5.41, 5.74) is 5.39. The molecular formula is C17H22N2OS. The third-order valence-electron chi connectivity index (χ3n) is 4.00. The Morgan fingerprint density at radius 3 is 2.86 bits per heavy atom. The van der Waals surface area contributed by atoms with E-state index in [1.807, 2.05) is 0 Å². The maximum Gasteiger partial charge on any atom is 0.0945 e. The average Bonchev–Trinajstić information content (AvgIpc) is 3.00. The van der Waals surface area contributed by atoms with E-state index in [9.17, 15) is 0 Å². The number of rotatable bonds is 6. The van der Waals surface area contributed by atoms with E-state index in [0.29, 0.717) is 6.54 Å². The van der Waals surface area contributed by atoms with E-state index in [4.69, 9.17) is 10.1 Å². The largest absolute Gasteiger partial charge is 0.395 e. The van der Waals surface area contributed by atoms with Crippen molar-refractivity contribution in [2.75, 3.05) is 19.7 Å². The third-order valence-corrected chi connectivity index (χ3v) is 4.91. The summed E-state index contributed by atoms with van der Waals surface area (Å²) in [6, 6.07) is 6.83. The minimum Gasteiger partial charge on any atom is -0.395 e. The second kappa shape index (κ2) is 7.16. The molecule has 0 saturated carbocycles. The summed E-state index contributed by atoms with van der Waals surface area (Å²) < 4.78 is 0. The van der Waals surface area contributed by atoms with Gasteiger partial charge in [-0.2, -0.15) is 0 Å². The van der Waals surface area contributed by atoms with Crippen LogP contribution in [0.1, 0.15) is 29.0 Å². The van der Waals surface area contributed by atoms with Gasteiger partial charge in [0.2, 0.25) is 0 Å². The molecule has 0 aliphatic heterocycles. The summed E-state index contributed by atoms with van der Waals surface area (Å²) in [5.74, 6) is 0. The molecule has 0 atom stereocenters. The van der Waals surface area contributed by atoms with E-state index >= 15 is 0 Å². The Bertz CT molecular complexity index is 594. The van der Waals surface area contributed by atoms with Crippen LogP contribution in [0.2, 0.25) is 0 Å². The van der Waals surface area contributed by atoms with Crippen LogP contribution in [0, 0.1) is 0 Å². The van der Waals surface area contributed by atoms with Gasteiger partial charge in [0.05, 0.1) is 17.3 Å². The SMILES string of the molecule is OCCNCCc1nc(-c2ccc3c(c2)CCCC3)cs1. The predicted octanol–water partition coefficient (Wildman–Crippen LogP) is 2.81. The minimum absolute atomic E-state index is 0.193. The summed E-state index contributed by atoms with van der Waals surface area (Å²) >= 11 is 1.73. The maximum atomic E-state index is 8.74. The molecule has 3 nitrogen and oxygen atoms in total. The summed E-state index contributed by atoms with van der Waals surface area (Å²) in [6.07, 6.45) is 6.01. The van der Waals surface area contributed by atoms with Gasteiger partial charge < -0.3 is 10.4 Å². The molecule has 0 unspecified atom stereocenters. The van der Waals surface area contributed by atoms with Crippen molar-refractivity contribution in [3.05, 3.63) is 39.7 Å². The number of thiazole rings is 1. The Morgan fingerprint density at radius 1 is 1.14 bits per heavy atom. The summed E-state index contributed by atoms with van der Waals surface area (Å²) in [6.45, 7) is 1.72. The van der Waals surface area contributed by atoms with Crippen LogP contribution in [0.3, 0.4) is 0 Å². The molecule has 21 heavy (non-hydrogen) atoms. The van der Waals surface area contributed by atoms with E-state index in [0.717, 1.165) is 23.7 Å². The van der Waals surface area contributed by atoms with Gasteiger partial charge in [0, 0.05) is 30.5 Å². The average molecular weight is 302 g/mol. The fraction of sp³-hybridized carbons (Fsp3) is 0.471. The Hall–Kier alpha value is -1.23. The monoisotopic (exact) mass is 302 g/mol. The highest BCUT2D eigenvalue weighted by molar-refractivity contribution is 7.09. The van der Waals surface area contributed by atoms with Crippen LogP contribution in [-0.2, 0) is 19.3 Å². The zero-order chi connectivity index (χ0) is 14.5. The van der Waals surface area contributed by atoms with Gasteiger partial charge in [-0.3, -0.25) is 0 Å². The molecule has 0 fully saturated rings. The first-order valence-electron chi connectivity index (χ1n) is 7.75. The van der Waals surface area contributed by atoms with Gasteiger partial charge >= 0.3 is 0 Å². The van der Waals surface area contributed by atoms with Crippen molar-refractivity contribution < 1.29 is 5.11 Å². The molecule has 1 aliphatic rings. The van der Waals surface area contributed by atoms with Gasteiger partial charge in [0.25, 0.3) is 0 Å². The van der Waals surface area contributed by atoms with Crippen LogP contribution in [0.4, 0.5) is 0 Å². The fourth-order valence-corrected chi connectivity index (χ4v) is 3.66. The van der Waals surface area contributed by atoms with Gasteiger partial charge in [0.15, 0.2) is 0 Å². The smallest absolute Gasteiger partial charge is 0.0945 e. The number of nitrogens with one attached hydrogen (secondary N) is 1. The number of aryl methyl sites for hydroxylation is 2. The zero-order valence-corrected chi connectivity index (χ0v) is 13.1. The van der Waals surface area contributed by atoms with E-state index in [1.165, 1.54) is 42.4 Å². The number of hydrogen-bond acceptors (Lipinski definition) is 4. The molecule has 4 heteroatoms. The molecule has 2 aromatic rings. The van der Waals surface area contributed by atoms with Crippen molar-refractivity contribution in [3.63, 3.8) is 0 Å². The van der Waals surface area contributed by atoms with Crippen LogP contribution < -0.4 is 5.32 Å². The Morgan fingerprint density at radius 2 is 2.00 bits per heavy atom. The van der Waals surface area contributed by atoms with E-state index in [-0.39, 0.29) is 6.61 Å². The van der Waals surface area contributed by atoms with Crippen molar-refractivity contribution in [1.82, 2.24) is 10.3 Å². The molecule has 1 aromatic heterocycles. The Labute approximate surface area is 130 Å². The van der Waals surface area contributed by atoms with Gasteiger partial charge in [0.1, 0.15) is 0 Å². The van der Waals surface area contributed by atoms with Gasteiger partial charge in [-0.15, -0.1) is 11.3 Å². The standard InChI is InChI=1S/C17H22N2OS/c20-10-9-18-8-7-17-19-16(12-21-17)15-6-5-13-3-1-2-4-14(13)11-15/h5-6,11-12,18,20H,1-4,7-10H2. The van der Waals surface area contributed by atoms with Crippen molar-refractivity contribution in [2.24, 2.45) is 0 Å². The number of fused-ring (bicyclic) bond motifs is 1. The maximum absolute atomic E-state index is 8.74. The summed E-state index contributed by atoms with van der Waals surface area (Å²) in [4.78, 5) is 4.74. The Balaban J connectivity index is 1.68. The fourth-order valence-electron chi connectivity index (χ4n) is 2.85.